The number of rotatable bonds is 4. The second-order valence-electron chi connectivity index (χ2n) is 5.87. The fourth-order valence-electron chi connectivity index (χ4n) is 2.47. The van der Waals surface area contributed by atoms with Crippen molar-refractivity contribution in [2.75, 3.05) is 13.7 Å². The van der Waals surface area contributed by atoms with Crippen molar-refractivity contribution in [2.45, 2.75) is 57.6 Å². The topological polar surface area (TPSA) is 61.5 Å². The molecule has 2 N–H and O–H groups in total. The monoisotopic (exact) mass is 243 g/mol. The molecular weight excluding hydrogens is 218 g/mol. The van der Waals surface area contributed by atoms with Gasteiger partial charge in [-0.15, -0.1) is 0 Å². The van der Waals surface area contributed by atoms with E-state index >= 15 is 0 Å². The molecule has 100 valence electrons. The third-order valence-electron chi connectivity index (χ3n) is 3.44. The molecule has 4 heteroatoms. The van der Waals surface area contributed by atoms with Crippen LogP contribution in [0.5, 0.6) is 0 Å². The standard InChI is InChI=1S/C13H25NO3/c1-12(2,3)17-9-7-10-6-5-8-13(10,14)11(15)16-4/h10H,5-9,14H2,1-4H3. The van der Waals surface area contributed by atoms with E-state index in [4.69, 9.17) is 15.2 Å². The molecule has 4 nitrogen and oxygen atoms in total. The molecule has 1 saturated carbocycles. The summed E-state index contributed by atoms with van der Waals surface area (Å²) in [6.07, 6.45) is 3.52. The van der Waals surface area contributed by atoms with Crippen LogP contribution in [0.25, 0.3) is 0 Å². The van der Waals surface area contributed by atoms with Crippen molar-refractivity contribution >= 4 is 5.97 Å². The number of hydrogen-bond donors (Lipinski definition) is 1. The fraction of sp³-hybridized carbons (Fsp3) is 0.923. The summed E-state index contributed by atoms with van der Waals surface area (Å²) >= 11 is 0. The van der Waals surface area contributed by atoms with Crippen molar-refractivity contribution in [3.63, 3.8) is 0 Å². The van der Waals surface area contributed by atoms with E-state index in [1.165, 1.54) is 7.11 Å². The predicted octanol–water partition coefficient (Wildman–Crippen LogP) is 1.86. The van der Waals surface area contributed by atoms with Gasteiger partial charge in [0.15, 0.2) is 0 Å². The van der Waals surface area contributed by atoms with Crippen molar-refractivity contribution in [1.29, 1.82) is 0 Å². The lowest BCUT2D eigenvalue weighted by Gasteiger charge is -2.29. The molecule has 0 aromatic heterocycles. The third kappa shape index (κ3) is 3.68. The number of nitrogens with two attached hydrogens (primary N) is 1. The molecule has 2 unspecified atom stereocenters. The lowest BCUT2D eigenvalue weighted by molar-refractivity contribution is -0.148. The summed E-state index contributed by atoms with van der Waals surface area (Å²) in [5.74, 6) is -0.104. The average Bonchev–Trinajstić information content (AvgIpc) is 2.59. The SMILES string of the molecule is COC(=O)C1(N)CCCC1CCOC(C)(C)C. The molecule has 0 heterocycles. The van der Waals surface area contributed by atoms with Gasteiger partial charge < -0.3 is 15.2 Å². The van der Waals surface area contributed by atoms with E-state index in [-0.39, 0.29) is 17.5 Å². The minimum Gasteiger partial charge on any atom is -0.468 e. The van der Waals surface area contributed by atoms with Gasteiger partial charge in [0.2, 0.25) is 0 Å². The summed E-state index contributed by atoms with van der Waals surface area (Å²) in [6.45, 7) is 6.72. The largest absolute Gasteiger partial charge is 0.468 e. The van der Waals surface area contributed by atoms with Gasteiger partial charge in [0, 0.05) is 6.61 Å². The van der Waals surface area contributed by atoms with Crippen molar-refractivity contribution in [2.24, 2.45) is 11.7 Å². The van der Waals surface area contributed by atoms with Crippen LogP contribution in [-0.2, 0) is 14.3 Å². The molecule has 1 aliphatic rings. The summed E-state index contributed by atoms with van der Waals surface area (Å²) < 4.78 is 10.5. The highest BCUT2D eigenvalue weighted by molar-refractivity contribution is 5.81. The molecule has 1 rings (SSSR count). The van der Waals surface area contributed by atoms with Gasteiger partial charge in [-0.25, -0.2) is 0 Å². The van der Waals surface area contributed by atoms with Crippen LogP contribution in [0.15, 0.2) is 0 Å². The molecular formula is C13H25NO3. The van der Waals surface area contributed by atoms with Crippen LogP contribution in [-0.4, -0.2) is 30.8 Å². The number of methoxy groups -OCH3 is 1. The molecule has 0 spiro atoms. The highest BCUT2D eigenvalue weighted by atomic mass is 16.5. The highest BCUT2D eigenvalue weighted by Gasteiger charge is 2.46. The van der Waals surface area contributed by atoms with E-state index < -0.39 is 5.54 Å². The Balaban J connectivity index is 2.50. The van der Waals surface area contributed by atoms with E-state index in [0.29, 0.717) is 6.61 Å². The Morgan fingerprint density at radius 3 is 2.65 bits per heavy atom. The highest BCUT2D eigenvalue weighted by Crippen LogP contribution is 2.37. The van der Waals surface area contributed by atoms with Gasteiger partial charge >= 0.3 is 5.97 Å². The first-order valence-electron chi connectivity index (χ1n) is 6.31. The summed E-state index contributed by atoms with van der Waals surface area (Å²) in [6, 6.07) is 0. The van der Waals surface area contributed by atoms with Crippen LogP contribution in [0.4, 0.5) is 0 Å². The summed E-state index contributed by atoms with van der Waals surface area (Å²) in [7, 11) is 1.40. The maximum absolute atomic E-state index is 11.7. The van der Waals surface area contributed by atoms with E-state index in [1.54, 1.807) is 0 Å². The summed E-state index contributed by atoms with van der Waals surface area (Å²) in [4.78, 5) is 11.7. The Hall–Kier alpha value is -0.610. The van der Waals surface area contributed by atoms with E-state index in [9.17, 15) is 4.79 Å². The lowest BCUT2D eigenvalue weighted by atomic mass is 9.86. The quantitative estimate of drug-likeness (QED) is 0.766. The van der Waals surface area contributed by atoms with Gasteiger partial charge in [-0.05, 0) is 46.0 Å². The number of esters is 1. The summed E-state index contributed by atoms with van der Waals surface area (Å²) in [5.41, 5.74) is 5.24. The van der Waals surface area contributed by atoms with Gasteiger partial charge in [0.05, 0.1) is 12.7 Å². The van der Waals surface area contributed by atoms with Crippen molar-refractivity contribution in [3.8, 4) is 0 Å². The number of hydrogen-bond acceptors (Lipinski definition) is 4. The number of ether oxygens (including phenoxy) is 2. The molecule has 0 bridgehead atoms. The molecule has 2 atom stereocenters. The molecule has 0 radical (unpaired) electrons. The van der Waals surface area contributed by atoms with Crippen molar-refractivity contribution in [1.82, 2.24) is 0 Å². The van der Waals surface area contributed by atoms with Crippen LogP contribution in [0, 0.1) is 5.92 Å². The minimum absolute atomic E-state index is 0.138. The zero-order valence-corrected chi connectivity index (χ0v) is 11.4. The second kappa shape index (κ2) is 5.36. The first-order chi connectivity index (χ1) is 7.79. The minimum atomic E-state index is -0.796. The molecule has 0 aliphatic heterocycles. The van der Waals surface area contributed by atoms with Crippen LogP contribution in [0.3, 0.4) is 0 Å². The normalized spacial score (nSPS) is 29.4. The molecule has 1 fully saturated rings. The third-order valence-corrected chi connectivity index (χ3v) is 3.44. The van der Waals surface area contributed by atoms with E-state index in [1.807, 2.05) is 20.8 Å². The zero-order valence-electron chi connectivity index (χ0n) is 11.4. The van der Waals surface area contributed by atoms with Gasteiger partial charge in [0.25, 0.3) is 0 Å². The smallest absolute Gasteiger partial charge is 0.326 e. The number of carbonyl (C=O) groups excluding carboxylic acids is 1. The van der Waals surface area contributed by atoms with Gasteiger partial charge in [-0.1, -0.05) is 6.42 Å². The molecule has 1 aliphatic carbocycles. The fourth-order valence-corrected chi connectivity index (χ4v) is 2.47. The first-order valence-corrected chi connectivity index (χ1v) is 6.31. The maximum atomic E-state index is 11.7. The van der Waals surface area contributed by atoms with E-state index in [2.05, 4.69) is 0 Å². The molecule has 17 heavy (non-hydrogen) atoms. The Bertz CT molecular complexity index is 272. The van der Waals surface area contributed by atoms with Crippen LogP contribution < -0.4 is 5.73 Å². The predicted molar refractivity (Wildman–Crippen MR) is 66.6 cm³/mol. The van der Waals surface area contributed by atoms with Crippen LogP contribution in [0.2, 0.25) is 0 Å². The second-order valence-corrected chi connectivity index (χ2v) is 5.87. The summed E-state index contributed by atoms with van der Waals surface area (Å²) in [5, 5.41) is 0. The number of carbonyl (C=O) groups is 1. The Morgan fingerprint density at radius 1 is 1.47 bits per heavy atom. The average molecular weight is 243 g/mol. The Kier molecular flexibility index (Phi) is 4.55. The first kappa shape index (κ1) is 14.5. The van der Waals surface area contributed by atoms with Crippen LogP contribution in [0.1, 0.15) is 46.5 Å². The van der Waals surface area contributed by atoms with Crippen molar-refractivity contribution in [3.05, 3.63) is 0 Å². The zero-order chi connectivity index (χ0) is 13.1. The van der Waals surface area contributed by atoms with Gasteiger partial charge in [-0.3, -0.25) is 4.79 Å². The Morgan fingerprint density at radius 2 is 2.12 bits per heavy atom. The van der Waals surface area contributed by atoms with Crippen molar-refractivity contribution < 1.29 is 14.3 Å². The van der Waals surface area contributed by atoms with Crippen LogP contribution >= 0.6 is 0 Å². The van der Waals surface area contributed by atoms with E-state index in [0.717, 1.165) is 25.7 Å². The maximum Gasteiger partial charge on any atom is 0.326 e. The lowest BCUT2D eigenvalue weighted by Crippen LogP contribution is -2.52. The molecule has 0 aromatic carbocycles. The molecule has 0 amide bonds. The van der Waals surface area contributed by atoms with Gasteiger partial charge in [-0.2, -0.15) is 0 Å². The molecule has 0 aromatic rings. The Labute approximate surface area is 104 Å². The van der Waals surface area contributed by atoms with Gasteiger partial charge in [0.1, 0.15) is 5.54 Å². The molecule has 0 saturated heterocycles.